The highest BCUT2D eigenvalue weighted by atomic mass is 16.6. The molecule has 83 heavy (non-hydrogen) atoms. The van der Waals surface area contributed by atoms with E-state index in [2.05, 4.69) is 32.9 Å². The minimum Gasteiger partial charge on any atom is -0.462 e. The topological polar surface area (TPSA) is 78.9 Å². The summed E-state index contributed by atoms with van der Waals surface area (Å²) in [6.07, 6.45) is 88.5. The number of esters is 3. The molecular formula is C77H148O6. The highest BCUT2D eigenvalue weighted by Gasteiger charge is 2.20. The van der Waals surface area contributed by atoms with Gasteiger partial charge >= 0.3 is 17.9 Å². The lowest BCUT2D eigenvalue weighted by Gasteiger charge is -2.18. The van der Waals surface area contributed by atoms with Crippen molar-refractivity contribution >= 4 is 17.9 Å². The molecule has 1 atom stereocenters. The van der Waals surface area contributed by atoms with Crippen molar-refractivity contribution in [1.82, 2.24) is 0 Å². The van der Waals surface area contributed by atoms with Crippen molar-refractivity contribution in [2.75, 3.05) is 13.2 Å². The standard InChI is InChI=1S/C77H148O6/c1-4-7-10-13-16-19-22-24-26-28-30-32-34-35-36-37-38-39-40-41-43-44-46-48-50-52-55-58-61-64-67-70-76(79)82-73-74(72-81-75(78)69-66-63-60-57-54-21-18-15-12-9-6-3)83-77(80)71-68-65-62-59-56-53-51-49-47-45-42-33-31-29-27-25-23-20-17-14-11-8-5-2/h28,30,74H,4-27,29,31-73H2,1-3H3/b30-28-. The van der Waals surface area contributed by atoms with Crippen LogP contribution < -0.4 is 0 Å². The van der Waals surface area contributed by atoms with Gasteiger partial charge in [0.25, 0.3) is 0 Å². The Balaban J connectivity index is 4.08. The van der Waals surface area contributed by atoms with Crippen molar-refractivity contribution in [2.24, 2.45) is 0 Å². The van der Waals surface area contributed by atoms with Gasteiger partial charge in [-0.25, -0.2) is 0 Å². The number of hydrogen-bond acceptors (Lipinski definition) is 6. The largest absolute Gasteiger partial charge is 0.462 e. The molecule has 0 heterocycles. The maximum atomic E-state index is 13.0. The molecule has 0 saturated carbocycles. The first-order valence-corrected chi connectivity index (χ1v) is 38.2. The van der Waals surface area contributed by atoms with Crippen molar-refractivity contribution in [1.29, 1.82) is 0 Å². The van der Waals surface area contributed by atoms with E-state index >= 15 is 0 Å². The maximum Gasteiger partial charge on any atom is 0.306 e. The van der Waals surface area contributed by atoms with Gasteiger partial charge in [0.2, 0.25) is 0 Å². The third-order valence-corrected chi connectivity index (χ3v) is 17.8. The molecule has 0 aliphatic rings. The molecule has 6 nitrogen and oxygen atoms in total. The van der Waals surface area contributed by atoms with Gasteiger partial charge in [-0.05, 0) is 44.9 Å². The third-order valence-electron chi connectivity index (χ3n) is 17.8. The molecule has 0 rings (SSSR count). The van der Waals surface area contributed by atoms with Crippen LogP contribution in [0, 0.1) is 0 Å². The molecule has 6 heteroatoms. The lowest BCUT2D eigenvalue weighted by molar-refractivity contribution is -0.167. The van der Waals surface area contributed by atoms with Crippen LogP contribution in [0.2, 0.25) is 0 Å². The van der Waals surface area contributed by atoms with Gasteiger partial charge < -0.3 is 14.2 Å². The van der Waals surface area contributed by atoms with Crippen molar-refractivity contribution in [3.05, 3.63) is 12.2 Å². The van der Waals surface area contributed by atoms with Crippen LogP contribution in [0.1, 0.15) is 445 Å². The van der Waals surface area contributed by atoms with Crippen molar-refractivity contribution in [3.63, 3.8) is 0 Å². The Kier molecular flexibility index (Phi) is 71.0. The van der Waals surface area contributed by atoms with Crippen LogP contribution >= 0.6 is 0 Å². The summed E-state index contributed by atoms with van der Waals surface area (Å²) in [4.78, 5) is 38.4. The van der Waals surface area contributed by atoms with Crippen LogP contribution in [-0.2, 0) is 28.6 Å². The highest BCUT2D eigenvalue weighted by Crippen LogP contribution is 2.20. The second-order valence-electron chi connectivity index (χ2n) is 26.3. The lowest BCUT2D eigenvalue weighted by atomic mass is 10.0. The average Bonchev–Trinajstić information content (AvgIpc) is 3.48. The highest BCUT2D eigenvalue weighted by molar-refractivity contribution is 5.71. The first kappa shape index (κ1) is 81.2. The van der Waals surface area contributed by atoms with E-state index in [1.807, 2.05) is 0 Å². The summed E-state index contributed by atoms with van der Waals surface area (Å²) in [6, 6.07) is 0. The summed E-state index contributed by atoms with van der Waals surface area (Å²) in [5.74, 6) is -0.824. The van der Waals surface area contributed by atoms with Crippen molar-refractivity contribution < 1.29 is 28.6 Å². The van der Waals surface area contributed by atoms with Crippen LogP contribution in [0.5, 0.6) is 0 Å². The number of carbonyl (C=O) groups is 3. The fraction of sp³-hybridized carbons (Fsp3) is 0.935. The molecule has 0 N–H and O–H groups in total. The van der Waals surface area contributed by atoms with E-state index in [-0.39, 0.29) is 31.1 Å². The van der Waals surface area contributed by atoms with Crippen LogP contribution in [-0.4, -0.2) is 37.2 Å². The van der Waals surface area contributed by atoms with Gasteiger partial charge in [0.15, 0.2) is 6.10 Å². The molecule has 0 aromatic rings. The monoisotopic (exact) mass is 1170 g/mol. The molecule has 492 valence electrons. The van der Waals surface area contributed by atoms with Gasteiger partial charge in [-0.2, -0.15) is 0 Å². The molecule has 0 aliphatic carbocycles. The van der Waals surface area contributed by atoms with Crippen molar-refractivity contribution in [2.45, 2.75) is 451 Å². The number of rotatable bonds is 72. The van der Waals surface area contributed by atoms with E-state index in [1.165, 1.54) is 347 Å². The molecule has 0 bridgehead atoms. The Bertz CT molecular complexity index is 1300. The minimum absolute atomic E-state index is 0.0617. The first-order valence-electron chi connectivity index (χ1n) is 38.2. The van der Waals surface area contributed by atoms with E-state index in [9.17, 15) is 14.4 Å². The van der Waals surface area contributed by atoms with Gasteiger partial charge in [0, 0.05) is 19.3 Å². The predicted octanol–water partition coefficient (Wildman–Crippen LogP) is 26.3. The van der Waals surface area contributed by atoms with E-state index in [0.717, 1.165) is 57.8 Å². The van der Waals surface area contributed by atoms with Crippen LogP contribution in [0.15, 0.2) is 12.2 Å². The second-order valence-corrected chi connectivity index (χ2v) is 26.3. The van der Waals surface area contributed by atoms with Gasteiger partial charge in [-0.3, -0.25) is 14.4 Å². The number of hydrogen-bond donors (Lipinski definition) is 0. The molecule has 0 aromatic heterocycles. The lowest BCUT2D eigenvalue weighted by Crippen LogP contribution is -2.30. The van der Waals surface area contributed by atoms with Crippen LogP contribution in [0.3, 0.4) is 0 Å². The van der Waals surface area contributed by atoms with E-state index in [4.69, 9.17) is 14.2 Å². The summed E-state index contributed by atoms with van der Waals surface area (Å²) in [5.41, 5.74) is 0. The molecule has 0 spiro atoms. The fourth-order valence-electron chi connectivity index (χ4n) is 12.0. The normalized spacial score (nSPS) is 12.0. The molecule has 0 amide bonds. The fourth-order valence-corrected chi connectivity index (χ4v) is 12.0. The van der Waals surface area contributed by atoms with E-state index in [0.29, 0.717) is 19.3 Å². The number of ether oxygens (including phenoxy) is 3. The molecule has 0 aliphatic heterocycles. The Labute approximate surface area is 520 Å². The zero-order chi connectivity index (χ0) is 59.9. The maximum absolute atomic E-state index is 13.0. The van der Waals surface area contributed by atoms with Gasteiger partial charge in [0.1, 0.15) is 13.2 Å². The third kappa shape index (κ3) is 70.8. The molecule has 0 radical (unpaired) electrons. The quantitative estimate of drug-likeness (QED) is 0.0261. The van der Waals surface area contributed by atoms with Gasteiger partial charge in [0.05, 0.1) is 0 Å². The van der Waals surface area contributed by atoms with Gasteiger partial charge in [-0.1, -0.05) is 392 Å². The number of carbonyl (C=O) groups excluding carboxylic acids is 3. The SMILES string of the molecule is CCCCCCCCCC/C=C\CCCCCCCCCCCCCCCCCCCCCC(=O)OCC(COC(=O)CCCCCCCCCCCCC)OC(=O)CCCCCCCCCCCCCCCCCCCCCCCCC. The van der Waals surface area contributed by atoms with Crippen molar-refractivity contribution in [3.8, 4) is 0 Å². The zero-order valence-electron chi connectivity index (χ0n) is 56.8. The smallest absolute Gasteiger partial charge is 0.306 e. The first-order chi connectivity index (χ1) is 41.0. The molecule has 0 aromatic carbocycles. The summed E-state index contributed by atoms with van der Waals surface area (Å²) in [6.45, 7) is 6.73. The minimum atomic E-state index is -0.765. The predicted molar refractivity (Wildman–Crippen MR) is 363 cm³/mol. The molecule has 0 saturated heterocycles. The van der Waals surface area contributed by atoms with E-state index < -0.39 is 6.10 Å². The summed E-state index contributed by atoms with van der Waals surface area (Å²) < 4.78 is 17.0. The summed E-state index contributed by atoms with van der Waals surface area (Å²) in [5, 5.41) is 0. The Hall–Kier alpha value is -1.85. The number of allylic oxidation sites excluding steroid dienone is 2. The van der Waals surface area contributed by atoms with E-state index in [1.54, 1.807) is 0 Å². The van der Waals surface area contributed by atoms with Crippen LogP contribution in [0.25, 0.3) is 0 Å². The zero-order valence-corrected chi connectivity index (χ0v) is 56.8. The molecular weight excluding hydrogens is 1020 g/mol. The Morgan fingerprint density at radius 3 is 0.602 bits per heavy atom. The Morgan fingerprint density at radius 2 is 0.398 bits per heavy atom. The number of unbranched alkanes of at least 4 members (excludes halogenated alkanes) is 59. The average molecular weight is 1170 g/mol. The van der Waals surface area contributed by atoms with Gasteiger partial charge in [-0.15, -0.1) is 0 Å². The molecule has 0 fully saturated rings. The summed E-state index contributed by atoms with van der Waals surface area (Å²) in [7, 11) is 0. The van der Waals surface area contributed by atoms with Crippen LogP contribution in [0.4, 0.5) is 0 Å². The Morgan fingerprint density at radius 1 is 0.229 bits per heavy atom. The second kappa shape index (κ2) is 72.6. The summed E-state index contributed by atoms with van der Waals surface area (Å²) >= 11 is 0. The molecule has 1 unspecified atom stereocenters.